The molecule has 24 heavy (non-hydrogen) atoms. The number of benzene rings is 3. The van der Waals surface area contributed by atoms with E-state index in [4.69, 9.17) is 4.74 Å². The summed E-state index contributed by atoms with van der Waals surface area (Å²) in [6, 6.07) is 28.0. The molecule has 0 saturated heterocycles. The Morgan fingerprint density at radius 1 is 0.750 bits per heavy atom. The van der Waals surface area contributed by atoms with E-state index in [2.05, 4.69) is 12.1 Å². The Morgan fingerprint density at radius 2 is 1.38 bits per heavy atom. The Hall–Kier alpha value is -2.52. The number of hydrogen-bond donors (Lipinski definition) is 0. The van der Waals surface area contributed by atoms with Crippen molar-refractivity contribution in [3.8, 4) is 0 Å². The molecule has 0 radical (unpaired) electrons. The molecule has 3 heteroatoms. The van der Waals surface area contributed by atoms with Crippen LogP contribution in [-0.4, -0.2) is 5.97 Å². The van der Waals surface area contributed by atoms with E-state index in [1.54, 1.807) is 11.8 Å². The molecule has 0 amide bonds. The number of esters is 1. The molecule has 0 spiro atoms. The number of fused-ring (bicyclic) bond motifs is 1. The van der Waals surface area contributed by atoms with Gasteiger partial charge in [0.2, 0.25) is 0 Å². The summed E-state index contributed by atoms with van der Waals surface area (Å²) in [7, 11) is 0. The lowest BCUT2D eigenvalue weighted by atomic mass is 9.94. The zero-order valence-electron chi connectivity index (χ0n) is 13.0. The van der Waals surface area contributed by atoms with Crippen LogP contribution in [0.3, 0.4) is 0 Å². The average Bonchev–Trinajstić information content (AvgIpc) is 2.65. The zero-order chi connectivity index (χ0) is 16.4. The minimum absolute atomic E-state index is 0.0312. The molecule has 2 atom stereocenters. The molecule has 2 nitrogen and oxygen atoms in total. The summed E-state index contributed by atoms with van der Waals surface area (Å²) in [5.74, 6) is -0.246. The highest BCUT2D eigenvalue weighted by Crippen LogP contribution is 2.49. The van der Waals surface area contributed by atoms with E-state index in [-0.39, 0.29) is 17.3 Å². The molecular formula is C21H16O2S. The maximum Gasteiger partial charge on any atom is 0.339 e. The van der Waals surface area contributed by atoms with Crippen molar-refractivity contribution in [3.05, 3.63) is 102 Å². The minimum Gasteiger partial charge on any atom is -0.452 e. The van der Waals surface area contributed by atoms with Gasteiger partial charge in [0.15, 0.2) is 0 Å². The van der Waals surface area contributed by atoms with E-state index < -0.39 is 0 Å². The molecular weight excluding hydrogens is 316 g/mol. The molecule has 1 aliphatic rings. The van der Waals surface area contributed by atoms with Crippen molar-refractivity contribution >= 4 is 17.7 Å². The van der Waals surface area contributed by atoms with Crippen molar-refractivity contribution in [2.24, 2.45) is 0 Å². The Morgan fingerprint density at radius 3 is 2.12 bits per heavy atom. The quantitative estimate of drug-likeness (QED) is 0.598. The van der Waals surface area contributed by atoms with Gasteiger partial charge in [-0.15, -0.1) is 11.8 Å². The van der Waals surface area contributed by atoms with Crippen LogP contribution >= 0.6 is 11.8 Å². The van der Waals surface area contributed by atoms with Crippen LogP contribution in [-0.2, 0) is 4.74 Å². The van der Waals surface area contributed by atoms with Crippen LogP contribution < -0.4 is 0 Å². The second-order valence-electron chi connectivity index (χ2n) is 5.68. The van der Waals surface area contributed by atoms with Crippen molar-refractivity contribution in [3.63, 3.8) is 0 Å². The van der Waals surface area contributed by atoms with Gasteiger partial charge >= 0.3 is 5.97 Å². The van der Waals surface area contributed by atoms with E-state index in [1.807, 2.05) is 72.8 Å². The number of ether oxygens (including phenoxy) is 1. The fourth-order valence-electron chi connectivity index (χ4n) is 2.99. The third-order valence-electron chi connectivity index (χ3n) is 4.13. The fraction of sp³-hybridized carbons (Fsp3) is 0.0952. The molecule has 0 fully saturated rings. The molecule has 4 rings (SSSR count). The number of hydrogen-bond acceptors (Lipinski definition) is 3. The fourth-order valence-corrected chi connectivity index (χ4v) is 4.27. The lowest BCUT2D eigenvalue weighted by Gasteiger charge is -2.33. The molecule has 0 aromatic heterocycles. The van der Waals surface area contributed by atoms with Crippen molar-refractivity contribution in [2.45, 2.75) is 16.2 Å². The maximum atomic E-state index is 12.4. The summed E-state index contributed by atoms with van der Waals surface area (Å²) in [5, 5.41) is 0.0312. The highest BCUT2D eigenvalue weighted by atomic mass is 32.2. The summed E-state index contributed by atoms with van der Waals surface area (Å²) in [5.41, 5.74) is 2.73. The molecule has 0 aliphatic carbocycles. The Bertz CT molecular complexity index is 846. The Balaban J connectivity index is 1.79. The predicted molar refractivity (Wildman–Crippen MR) is 96.1 cm³/mol. The van der Waals surface area contributed by atoms with Gasteiger partial charge in [-0.1, -0.05) is 66.7 Å². The van der Waals surface area contributed by atoms with Crippen LogP contribution in [0.4, 0.5) is 0 Å². The topological polar surface area (TPSA) is 26.3 Å². The van der Waals surface area contributed by atoms with E-state index in [9.17, 15) is 4.79 Å². The lowest BCUT2D eigenvalue weighted by molar-refractivity contribution is 0.0244. The SMILES string of the molecule is O=C1O[C@@H](c2ccccc2)[C@H](Sc2ccccc2)c2ccccc21. The summed E-state index contributed by atoms with van der Waals surface area (Å²) in [4.78, 5) is 13.6. The summed E-state index contributed by atoms with van der Waals surface area (Å²) in [6.07, 6.45) is -0.293. The second-order valence-corrected chi connectivity index (χ2v) is 6.89. The van der Waals surface area contributed by atoms with Crippen molar-refractivity contribution < 1.29 is 9.53 Å². The van der Waals surface area contributed by atoms with Crippen LogP contribution in [0.25, 0.3) is 0 Å². The van der Waals surface area contributed by atoms with Gasteiger partial charge in [-0.3, -0.25) is 0 Å². The van der Waals surface area contributed by atoms with Gasteiger partial charge in [0.25, 0.3) is 0 Å². The van der Waals surface area contributed by atoms with Crippen LogP contribution in [0, 0.1) is 0 Å². The highest BCUT2D eigenvalue weighted by molar-refractivity contribution is 7.99. The van der Waals surface area contributed by atoms with Crippen molar-refractivity contribution in [2.75, 3.05) is 0 Å². The largest absolute Gasteiger partial charge is 0.452 e. The number of carbonyl (C=O) groups excluding carboxylic acids is 1. The van der Waals surface area contributed by atoms with Gasteiger partial charge in [-0.05, 0) is 29.3 Å². The number of thioether (sulfide) groups is 1. The zero-order valence-corrected chi connectivity index (χ0v) is 13.8. The molecule has 0 saturated carbocycles. The van der Waals surface area contributed by atoms with Gasteiger partial charge in [0.05, 0.1) is 10.8 Å². The Kier molecular flexibility index (Phi) is 4.09. The molecule has 0 bridgehead atoms. The highest BCUT2D eigenvalue weighted by Gasteiger charge is 2.37. The molecule has 1 heterocycles. The minimum atomic E-state index is -0.293. The van der Waals surface area contributed by atoms with Crippen LogP contribution in [0.1, 0.15) is 32.8 Å². The Labute approximate surface area is 145 Å². The third-order valence-corrected chi connectivity index (χ3v) is 5.43. The van der Waals surface area contributed by atoms with E-state index in [1.165, 1.54) is 0 Å². The van der Waals surface area contributed by atoms with Crippen LogP contribution in [0.2, 0.25) is 0 Å². The van der Waals surface area contributed by atoms with Gasteiger partial charge in [-0.25, -0.2) is 4.79 Å². The first kappa shape index (κ1) is 15.0. The number of carbonyl (C=O) groups is 1. The van der Waals surface area contributed by atoms with Crippen molar-refractivity contribution in [1.82, 2.24) is 0 Å². The molecule has 1 aliphatic heterocycles. The maximum absolute atomic E-state index is 12.4. The summed E-state index contributed by atoms with van der Waals surface area (Å²) in [6.45, 7) is 0. The molecule has 0 N–H and O–H groups in total. The lowest BCUT2D eigenvalue weighted by Crippen LogP contribution is -2.24. The first-order valence-electron chi connectivity index (χ1n) is 7.89. The van der Waals surface area contributed by atoms with Gasteiger partial charge in [0.1, 0.15) is 6.10 Å². The normalized spacial score (nSPS) is 19.4. The summed E-state index contributed by atoms with van der Waals surface area (Å²) >= 11 is 1.73. The predicted octanol–water partition coefficient (Wildman–Crippen LogP) is 5.43. The third kappa shape index (κ3) is 2.83. The molecule has 118 valence electrons. The molecule has 0 unspecified atom stereocenters. The smallest absolute Gasteiger partial charge is 0.339 e. The molecule has 3 aromatic carbocycles. The second kappa shape index (κ2) is 6.54. The number of cyclic esters (lactones) is 1. The first-order valence-corrected chi connectivity index (χ1v) is 8.77. The first-order chi connectivity index (χ1) is 11.8. The van der Waals surface area contributed by atoms with E-state index >= 15 is 0 Å². The van der Waals surface area contributed by atoms with E-state index in [0.717, 1.165) is 16.0 Å². The standard InChI is InChI=1S/C21H16O2S/c22-21-18-14-8-7-13-17(18)20(24-16-11-5-2-6-12-16)19(23-21)15-9-3-1-4-10-15/h1-14,19-20H/t19-,20+/m0/s1. The van der Waals surface area contributed by atoms with Crippen molar-refractivity contribution in [1.29, 1.82) is 0 Å². The number of rotatable bonds is 3. The van der Waals surface area contributed by atoms with Gasteiger partial charge in [0, 0.05) is 4.90 Å². The average molecular weight is 332 g/mol. The molecule has 3 aromatic rings. The van der Waals surface area contributed by atoms with E-state index in [0.29, 0.717) is 5.56 Å². The van der Waals surface area contributed by atoms with Gasteiger partial charge < -0.3 is 4.74 Å². The van der Waals surface area contributed by atoms with Gasteiger partial charge in [-0.2, -0.15) is 0 Å². The van der Waals surface area contributed by atoms with Crippen LogP contribution in [0.5, 0.6) is 0 Å². The monoisotopic (exact) mass is 332 g/mol. The summed E-state index contributed by atoms with van der Waals surface area (Å²) < 4.78 is 5.82. The van der Waals surface area contributed by atoms with Crippen LogP contribution in [0.15, 0.2) is 89.8 Å².